The number of imidazole rings is 1. The van der Waals surface area contributed by atoms with Gasteiger partial charge in [0.15, 0.2) is 0 Å². The van der Waals surface area contributed by atoms with E-state index in [1.807, 2.05) is 23.2 Å². The van der Waals surface area contributed by atoms with Crippen molar-refractivity contribution >= 4 is 0 Å². The number of hydrogen-bond acceptors (Lipinski definition) is 3. The van der Waals surface area contributed by atoms with E-state index in [0.717, 1.165) is 11.3 Å². The molecule has 14 heavy (non-hydrogen) atoms. The van der Waals surface area contributed by atoms with E-state index < -0.39 is 0 Å². The number of hydrogen-bond donors (Lipinski definition) is 2. The lowest BCUT2D eigenvalue weighted by Crippen LogP contribution is -2.03. The maximum Gasteiger partial charge on any atom is 0.0955 e. The van der Waals surface area contributed by atoms with E-state index in [4.69, 9.17) is 5.73 Å². The first-order chi connectivity index (χ1) is 6.81. The number of nitrogens with zero attached hydrogens (tertiary/aromatic N) is 3. The zero-order chi connectivity index (χ0) is 9.97. The molecule has 0 aromatic carbocycles. The number of aromatic amines is 1. The third-order valence-corrected chi connectivity index (χ3v) is 2.31. The topological polar surface area (TPSA) is 72.5 Å². The summed E-state index contributed by atoms with van der Waals surface area (Å²) in [6.45, 7) is 2.57. The maximum absolute atomic E-state index is 5.49. The SMILES string of the molecule is CC(c1cn[nH]c1)n1cnc(CN)c1. The van der Waals surface area contributed by atoms with Crippen LogP contribution in [0.5, 0.6) is 0 Å². The van der Waals surface area contributed by atoms with Gasteiger partial charge in [0.05, 0.1) is 24.3 Å². The monoisotopic (exact) mass is 191 g/mol. The summed E-state index contributed by atoms with van der Waals surface area (Å²) >= 11 is 0. The highest BCUT2D eigenvalue weighted by Gasteiger charge is 2.08. The molecular weight excluding hydrogens is 178 g/mol. The molecule has 0 fully saturated rings. The quantitative estimate of drug-likeness (QED) is 0.749. The van der Waals surface area contributed by atoms with Gasteiger partial charge in [-0.3, -0.25) is 5.10 Å². The molecule has 2 heterocycles. The third-order valence-electron chi connectivity index (χ3n) is 2.31. The van der Waals surface area contributed by atoms with Crippen molar-refractivity contribution < 1.29 is 0 Å². The van der Waals surface area contributed by atoms with Gasteiger partial charge in [0.25, 0.3) is 0 Å². The molecule has 5 nitrogen and oxygen atoms in total. The molecule has 5 heteroatoms. The van der Waals surface area contributed by atoms with Gasteiger partial charge < -0.3 is 10.3 Å². The van der Waals surface area contributed by atoms with Gasteiger partial charge in [0, 0.05) is 24.5 Å². The Labute approximate surface area is 82.0 Å². The van der Waals surface area contributed by atoms with E-state index in [9.17, 15) is 0 Å². The number of aromatic nitrogens is 4. The second kappa shape index (κ2) is 3.63. The molecule has 0 spiro atoms. The Balaban J connectivity index is 2.23. The molecule has 2 aromatic heterocycles. The molecule has 0 aliphatic rings. The Morgan fingerprint density at radius 3 is 3.07 bits per heavy atom. The summed E-state index contributed by atoms with van der Waals surface area (Å²) in [5, 5.41) is 6.71. The van der Waals surface area contributed by atoms with E-state index in [0.29, 0.717) is 6.54 Å². The molecule has 2 aromatic rings. The lowest BCUT2D eigenvalue weighted by Gasteiger charge is -2.09. The largest absolute Gasteiger partial charge is 0.330 e. The van der Waals surface area contributed by atoms with Crippen LogP contribution in [0.25, 0.3) is 0 Å². The fourth-order valence-corrected chi connectivity index (χ4v) is 1.36. The molecule has 1 unspecified atom stereocenters. The Kier molecular flexibility index (Phi) is 2.32. The summed E-state index contributed by atoms with van der Waals surface area (Å²) in [5.74, 6) is 0. The van der Waals surface area contributed by atoms with Gasteiger partial charge >= 0.3 is 0 Å². The van der Waals surface area contributed by atoms with Crippen LogP contribution in [0.3, 0.4) is 0 Å². The number of nitrogens with two attached hydrogens (primary N) is 1. The van der Waals surface area contributed by atoms with Gasteiger partial charge in [-0.05, 0) is 6.92 Å². The first kappa shape index (κ1) is 8.96. The predicted molar refractivity (Wildman–Crippen MR) is 52.5 cm³/mol. The minimum Gasteiger partial charge on any atom is -0.330 e. The molecule has 0 bridgehead atoms. The number of nitrogens with one attached hydrogen (secondary N) is 1. The van der Waals surface area contributed by atoms with Crippen molar-refractivity contribution in [3.05, 3.63) is 36.2 Å². The highest BCUT2D eigenvalue weighted by molar-refractivity contribution is 5.11. The molecule has 0 saturated heterocycles. The Morgan fingerprint density at radius 2 is 2.50 bits per heavy atom. The van der Waals surface area contributed by atoms with Gasteiger partial charge in [-0.1, -0.05) is 0 Å². The molecule has 0 radical (unpaired) electrons. The van der Waals surface area contributed by atoms with Gasteiger partial charge in [0.2, 0.25) is 0 Å². The number of rotatable bonds is 3. The van der Waals surface area contributed by atoms with E-state index >= 15 is 0 Å². The van der Waals surface area contributed by atoms with Gasteiger partial charge in [-0.2, -0.15) is 5.10 Å². The maximum atomic E-state index is 5.49. The molecule has 0 aliphatic carbocycles. The highest BCUT2D eigenvalue weighted by Crippen LogP contribution is 2.15. The lowest BCUT2D eigenvalue weighted by atomic mass is 10.2. The van der Waals surface area contributed by atoms with Crippen molar-refractivity contribution in [1.29, 1.82) is 0 Å². The van der Waals surface area contributed by atoms with Crippen molar-refractivity contribution in [2.45, 2.75) is 19.5 Å². The first-order valence-corrected chi connectivity index (χ1v) is 4.52. The molecule has 0 aliphatic heterocycles. The van der Waals surface area contributed by atoms with Crippen molar-refractivity contribution in [2.24, 2.45) is 5.73 Å². The van der Waals surface area contributed by atoms with Gasteiger partial charge in [-0.15, -0.1) is 0 Å². The third kappa shape index (κ3) is 1.54. The summed E-state index contributed by atoms with van der Waals surface area (Å²) in [5.41, 5.74) is 7.52. The van der Waals surface area contributed by atoms with Crippen LogP contribution in [0.1, 0.15) is 24.2 Å². The van der Waals surface area contributed by atoms with Crippen molar-refractivity contribution in [2.75, 3.05) is 0 Å². The minimum atomic E-state index is 0.238. The zero-order valence-electron chi connectivity index (χ0n) is 8.01. The van der Waals surface area contributed by atoms with E-state index in [-0.39, 0.29) is 6.04 Å². The van der Waals surface area contributed by atoms with Crippen LogP contribution in [0.15, 0.2) is 24.9 Å². The van der Waals surface area contributed by atoms with Crippen LogP contribution in [0, 0.1) is 0 Å². The average Bonchev–Trinajstić information content (AvgIpc) is 2.88. The van der Waals surface area contributed by atoms with Crippen molar-refractivity contribution in [3.63, 3.8) is 0 Å². The molecule has 3 N–H and O–H groups in total. The van der Waals surface area contributed by atoms with Crippen LogP contribution in [-0.2, 0) is 6.54 Å². The summed E-state index contributed by atoms with van der Waals surface area (Å²) in [6, 6.07) is 0.238. The molecule has 1 atom stereocenters. The Bertz CT molecular complexity index is 389. The van der Waals surface area contributed by atoms with Gasteiger partial charge in [0.1, 0.15) is 0 Å². The lowest BCUT2D eigenvalue weighted by molar-refractivity contribution is 0.638. The normalized spacial score (nSPS) is 13.0. The fourth-order valence-electron chi connectivity index (χ4n) is 1.36. The van der Waals surface area contributed by atoms with Crippen LogP contribution in [0.4, 0.5) is 0 Å². The Hall–Kier alpha value is -1.62. The molecule has 0 saturated carbocycles. The molecule has 0 amide bonds. The first-order valence-electron chi connectivity index (χ1n) is 4.52. The van der Waals surface area contributed by atoms with Crippen LogP contribution >= 0.6 is 0 Å². The smallest absolute Gasteiger partial charge is 0.0955 e. The fraction of sp³-hybridized carbons (Fsp3) is 0.333. The summed E-state index contributed by atoms with van der Waals surface area (Å²) in [4.78, 5) is 4.17. The Morgan fingerprint density at radius 1 is 1.64 bits per heavy atom. The van der Waals surface area contributed by atoms with Crippen molar-refractivity contribution in [3.8, 4) is 0 Å². The van der Waals surface area contributed by atoms with Crippen molar-refractivity contribution in [1.82, 2.24) is 19.7 Å². The second-order valence-electron chi connectivity index (χ2n) is 3.22. The molecular formula is C9H13N5. The summed E-state index contributed by atoms with van der Waals surface area (Å²) in [6.07, 6.45) is 7.44. The summed E-state index contributed by atoms with van der Waals surface area (Å²) < 4.78 is 2.02. The standard InChI is InChI=1S/C9H13N5/c1-7(8-3-12-13-4-8)14-5-9(2-10)11-6-14/h3-7H,2,10H2,1H3,(H,12,13). The average molecular weight is 191 g/mol. The summed E-state index contributed by atoms with van der Waals surface area (Å²) in [7, 11) is 0. The van der Waals surface area contributed by atoms with Crippen LogP contribution < -0.4 is 5.73 Å². The van der Waals surface area contributed by atoms with E-state index in [1.54, 1.807) is 6.33 Å². The molecule has 2 rings (SSSR count). The highest BCUT2D eigenvalue weighted by atomic mass is 15.1. The van der Waals surface area contributed by atoms with E-state index in [1.165, 1.54) is 0 Å². The van der Waals surface area contributed by atoms with Crippen LogP contribution in [0.2, 0.25) is 0 Å². The minimum absolute atomic E-state index is 0.238. The van der Waals surface area contributed by atoms with E-state index in [2.05, 4.69) is 22.1 Å². The molecule has 74 valence electrons. The zero-order valence-corrected chi connectivity index (χ0v) is 8.01. The second-order valence-corrected chi connectivity index (χ2v) is 3.22. The predicted octanol–water partition coefficient (Wildman–Crippen LogP) is 0.674. The van der Waals surface area contributed by atoms with Crippen LogP contribution in [-0.4, -0.2) is 19.7 Å². The van der Waals surface area contributed by atoms with Gasteiger partial charge in [-0.25, -0.2) is 4.98 Å². The number of H-pyrrole nitrogens is 1.